The van der Waals surface area contributed by atoms with Crippen LogP contribution in [0.4, 0.5) is 0 Å². The van der Waals surface area contributed by atoms with Gasteiger partial charge in [0.25, 0.3) is 0 Å². The Bertz CT molecular complexity index is 585. The maximum atomic E-state index is 10.3. The topological polar surface area (TPSA) is 61.1 Å². The molecule has 0 radical (unpaired) electrons. The minimum absolute atomic E-state index is 0.250. The molecule has 3 nitrogen and oxygen atoms in total. The molecule has 0 bridgehead atoms. The predicted octanol–water partition coefficient (Wildman–Crippen LogP) is 4.22. The molecule has 0 amide bonds. The summed E-state index contributed by atoms with van der Waals surface area (Å²) in [5.74, 6) is -0.0904. The van der Waals surface area contributed by atoms with E-state index in [4.69, 9.17) is 10.4 Å². The molecule has 2 rings (SSSR count). The average Bonchev–Trinajstić information content (AvgIpc) is 2.55. The lowest BCUT2D eigenvalue weighted by Gasteiger charge is -2.25. The molecule has 1 aliphatic carbocycles. The van der Waals surface area contributed by atoms with E-state index in [2.05, 4.69) is 30.3 Å². The van der Waals surface area contributed by atoms with Gasteiger partial charge in [-0.25, -0.2) is 4.79 Å². The van der Waals surface area contributed by atoms with Gasteiger partial charge in [-0.3, -0.25) is 0 Å². The fourth-order valence-electron chi connectivity index (χ4n) is 2.90. The number of hydrogen-bond acceptors (Lipinski definition) is 2. The van der Waals surface area contributed by atoms with Crippen molar-refractivity contribution in [1.82, 2.24) is 0 Å². The first-order chi connectivity index (χ1) is 10.7. The van der Waals surface area contributed by atoms with Gasteiger partial charge in [-0.2, -0.15) is 5.26 Å². The summed E-state index contributed by atoms with van der Waals surface area (Å²) >= 11 is 0. The number of carboxylic acids is 1. The Hall–Kier alpha value is -2.34. The molecule has 1 saturated carbocycles. The third-order valence-corrected chi connectivity index (χ3v) is 4.20. The fourth-order valence-corrected chi connectivity index (χ4v) is 2.90. The molecule has 1 aromatic carbocycles. The standard InChI is InChI=1S/C19H21NO2/c20-14-16-8-12-18(13-9-16)17-10-6-15(7-11-17)4-2-1-3-5-19(21)22/h1-3,5-7,10-11,16,18H,4,8-9,12-13H2,(H,21,22). The first kappa shape index (κ1) is 16.0. The number of rotatable bonds is 5. The highest BCUT2D eigenvalue weighted by atomic mass is 16.4. The van der Waals surface area contributed by atoms with Crippen molar-refractivity contribution in [2.45, 2.75) is 38.0 Å². The second-order valence-corrected chi connectivity index (χ2v) is 5.75. The maximum absolute atomic E-state index is 10.3. The summed E-state index contributed by atoms with van der Waals surface area (Å²) in [5, 5.41) is 17.4. The van der Waals surface area contributed by atoms with E-state index in [1.807, 2.05) is 6.08 Å². The molecule has 114 valence electrons. The number of nitriles is 1. The van der Waals surface area contributed by atoms with E-state index in [0.717, 1.165) is 38.2 Å². The number of allylic oxidation sites excluding steroid dienone is 3. The quantitative estimate of drug-likeness (QED) is 0.653. The van der Waals surface area contributed by atoms with E-state index in [0.29, 0.717) is 5.92 Å². The van der Waals surface area contributed by atoms with E-state index in [1.165, 1.54) is 17.2 Å². The van der Waals surface area contributed by atoms with Gasteiger partial charge in [0.1, 0.15) is 0 Å². The van der Waals surface area contributed by atoms with Gasteiger partial charge in [0.15, 0.2) is 0 Å². The lowest BCUT2D eigenvalue weighted by Crippen LogP contribution is -2.11. The summed E-state index contributed by atoms with van der Waals surface area (Å²) < 4.78 is 0. The number of nitrogens with zero attached hydrogens (tertiary/aromatic N) is 1. The van der Waals surface area contributed by atoms with Crippen molar-refractivity contribution in [3.63, 3.8) is 0 Å². The molecule has 1 N–H and O–H groups in total. The van der Waals surface area contributed by atoms with Crippen LogP contribution >= 0.6 is 0 Å². The van der Waals surface area contributed by atoms with Gasteiger partial charge in [0.05, 0.1) is 6.07 Å². The molecule has 0 atom stereocenters. The van der Waals surface area contributed by atoms with Gasteiger partial charge in [0, 0.05) is 12.0 Å². The van der Waals surface area contributed by atoms with Crippen LogP contribution in [-0.2, 0) is 11.2 Å². The van der Waals surface area contributed by atoms with Crippen LogP contribution in [0.25, 0.3) is 0 Å². The summed E-state index contributed by atoms with van der Waals surface area (Å²) in [6.07, 6.45) is 11.4. The zero-order valence-corrected chi connectivity index (χ0v) is 12.6. The van der Waals surface area contributed by atoms with Gasteiger partial charge in [-0.1, -0.05) is 42.5 Å². The van der Waals surface area contributed by atoms with E-state index < -0.39 is 5.97 Å². The first-order valence-corrected chi connectivity index (χ1v) is 7.73. The van der Waals surface area contributed by atoms with Crippen molar-refractivity contribution in [2.24, 2.45) is 5.92 Å². The van der Waals surface area contributed by atoms with Crippen LogP contribution in [0.5, 0.6) is 0 Å². The SMILES string of the molecule is N#CC1CCC(c2ccc(CC=CC=CC(=O)O)cc2)CC1. The minimum atomic E-state index is -0.930. The number of benzene rings is 1. The van der Waals surface area contributed by atoms with Crippen LogP contribution < -0.4 is 0 Å². The van der Waals surface area contributed by atoms with Crippen molar-refractivity contribution in [3.05, 3.63) is 59.7 Å². The number of carboxylic acid groups (broad SMARTS) is 1. The summed E-state index contributed by atoms with van der Waals surface area (Å²) in [4.78, 5) is 10.3. The first-order valence-electron chi connectivity index (χ1n) is 7.73. The van der Waals surface area contributed by atoms with Gasteiger partial charge < -0.3 is 5.11 Å². The molecule has 0 aromatic heterocycles. The molecule has 0 aliphatic heterocycles. The molecule has 0 heterocycles. The van der Waals surface area contributed by atoms with Crippen LogP contribution in [0.3, 0.4) is 0 Å². The monoisotopic (exact) mass is 295 g/mol. The van der Waals surface area contributed by atoms with Crippen molar-refractivity contribution >= 4 is 5.97 Å². The van der Waals surface area contributed by atoms with Crippen LogP contribution in [0.1, 0.15) is 42.7 Å². The molecule has 0 unspecified atom stereocenters. The molecule has 1 fully saturated rings. The van der Waals surface area contributed by atoms with Gasteiger partial charge in [-0.15, -0.1) is 0 Å². The van der Waals surface area contributed by atoms with E-state index in [9.17, 15) is 4.79 Å². The Labute approximate surface area is 131 Å². The maximum Gasteiger partial charge on any atom is 0.328 e. The summed E-state index contributed by atoms with van der Waals surface area (Å²) in [5.41, 5.74) is 2.59. The Kier molecular flexibility index (Phi) is 5.97. The molecule has 22 heavy (non-hydrogen) atoms. The normalized spacial score (nSPS) is 22.0. The smallest absolute Gasteiger partial charge is 0.328 e. The van der Waals surface area contributed by atoms with E-state index in [-0.39, 0.29) is 5.92 Å². The Balaban J connectivity index is 1.86. The lowest BCUT2D eigenvalue weighted by molar-refractivity contribution is -0.131. The number of carbonyl (C=O) groups is 1. The van der Waals surface area contributed by atoms with Crippen molar-refractivity contribution in [1.29, 1.82) is 5.26 Å². The molecule has 3 heteroatoms. The van der Waals surface area contributed by atoms with Crippen LogP contribution in [-0.4, -0.2) is 11.1 Å². The van der Waals surface area contributed by atoms with Crippen molar-refractivity contribution in [2.75, 3.05) is 0 Å². The van der Waals surface area contributed by atoms with Gasteiger partial charge >= 0.3 is 5.97 Å². The van der Waals surface area contributed by atoms with Crippen molar-refractivity contribution < 1.29 is 9.90 Å². The Morgan fingerprint density at radius 2 is 1.86 bits per heavy atom. The molecular formula is C19H21NO2. The van der Waals surface area contributed by atoms with Gasteiger partial charge in [-0.05, 0) is 49.1 Å². The second kappa shape index (κ2) is 8.19. The van der Waals surface area contributed by atoms with Crippen LogP contribution in [0.2, 0.25) is 0 Å². The lowest BCUT2D eigenvalue weighted by atomic mass is 9.79. The highest BCUT2D eigenvalue weighted by molar-refractivity contribution is 5.80. The Morgan fingerprint density at radius 3 is 2.45 bits per heavy atom. The second-order valence-electron chi connectivity index (χ2n) is 5.75. The average molecular weight is 295 g/mol. The molecular weight excluding hydrogens is 274 g/mol. The fraction of sp³-hybridized carbons (Fsp3) is 0.368. The zero-order chi connectivity index (χ0) is 15.8. The van der Waals surface area contributed by atoms with Crippen LogP contribution in [0, 0.1) is 17.2 Å². The third kappa shape index (κ3) is 4.89. The third-order valence-electron chi connectivity index (χ3n) is 4.20. The molecule has 1 aliphatic rings. The zero-order valence-electron chi connectivity index (χ0n) is 12.6. The van der Waals surface area contributed by atoms with Gasteiger partial charge in [0.2, 0.25) is 0 Å². The van der Waals surface area contributed by atoms with E-state index >= 15 is 0 Å². The molecule has 0 spiro atoms. The van der Waals surface area contributed by atoms with Crippen molar-refractivity contribution in [3.8, 4) is 6.07 Å². The Morgan fingerprint density at radius 1 is 1.18 bits per heavy atom. The highest BCUT2D eigenvalue weighted by Gasteiger charge is 2.21. The summed E-state index contributed by atoms with van der Waals surface area (Å²) in [6, 6.07) is 11.0. The summed E-state index contributed by atoms with van der Waals surface area (Å²) in [6.45, 7) is 0. The minimum Gasteiger partial charge on any atom is -0.478 e. The largest absolute Gasteiger partial charge is 0.478 e. The summed E-state index contributed by atoms with van der Waals surface area (Å²) in [7, 11) is 0. The molecule has 0 saturated heterocycles. The van der Waals surface area contributed by atoms with Crippen LogP contribution in [0.15, 0.2) is 48.6 Å². The predicted molar refractivity (Wildman–Crippen MR) is 86.4 cm³/mol. The number of hydrogen-bond donors (Lipinski definition) is 1. The molecule has 1 aromatic rings. The number of aliphatic carboxylic acids is 1. The highest BCUT2D eigenvalue weighted by Crippen LogP contribution is 2.35. The van der Waals surface area contributed by atoms with E-state index in [1.54, 1.807) is 6.08 Å².